The molecule has 0 spiro atoms. The molecule has 1 aliphatic heterocycles. The zero-order chi connectivity index (χ0) is 28.9. The van der Waals surface area contributed by atoms with Crippen LogP contribution in [0.2, 0.25) is 98.2 Å². The molecular formula is C24H53N5O3Si5. The molecule has 0 fully saturated rings. The van der Waals surface area contributed by atoms with E-state index in [2.05, 4.69) is 124 Å². The van der Waals surface area contributed by atoms with E-state index in [9.17, 15) is 4.79 Å². The van der Waals surface area contributed by atoms with Gasteiger partial charge in [0.1, 0.15) is 28.4 Å². The molecule has 2 rings (SSSR count). The average Bonchev–Trinajstić information content (AvgIpc) is 2.60. The summed E-state index contributed by atoms with van der Waals surface area (Å²) >= 11 is 0. The van der Waals surface area contributed by atoms with Gasteiger partial charge >= 0.3 is 5.56 Å². The minimum Gasteiger partial charge on any atom is -0.412 e. The Morgan fingerprint density at radius 2 is 1.32 bits per heavy atom. The fourth-order valence-electron chi connectivity index (χ4n) is 4.46. The van der Waals surface area contributed by atoms with Gasteiger partial charge in [-0.1, -0.05) is 58.9 Å². The molecule has 0 aliphatic carbocycles. The van der Waals surface area contributed by atoms with Crippen LogP contribution in [0.4, 0.5) is 17.5 Å². The summed E-state index contributed by atoms with van der Waals surface area (Å²) in [5.41, 5.74) is 1.07. The normalized spacial score (nSPS) is 17.3. The molecular weight excluding hydrogens is 547 g/mol. The third kappa shape index (κ3) is 8.83. The highest BCUT2D eigenvalue weighted by atomic mass is 28.4. The topological polar surface area (TPSA) is 81.0 Å². The van der Waals surface area contributed by atoms with Crippen LogP contribution in [-0.4, -0.2) is 75.0 Å². The highest BCUT2D eigenvalue weighted by Crippen LogP contribution is 2.38. The molecule has 1 aliphatic rings. The van der Waals surface area contributed by atoms with Crippen molar-refractivity contribution >= 4 is 64.5 Å². The third-order valence-electron chi connectivity index (χ3n) is 5.62. The second-order valence-corrected chi connectivity index (χ2v) is 38.6. The van der Waals surface area contributed by atoms with Crippen LogP contribution >= 0.6 is 0 Å². The number of aromatic nitrogens is 2. The maximum atomic E-state index is 13.7. The van der Waals surface area contributed by atoms with Crippen molar-refractivity contribution in [2.24, 2.45) is 4.99 Å². The second kappa shape index (κ2) is 10.6. The Morgan fingerprint density at radius 3 is 1.73 bits per heavy atom. The van der Waals surface area contributed by atoms with E-state index < -0.39 is 41.3 Å². The van der Waals surface area contributed by atoms with E-state index in [1.54, 1.807) is 0 Å². The van der Waals surface area contributed by atoms with Crippen molar-refractivity contribution in [3.8, 4) is 0 Å². The minimum atomic E-state index is -2.00. The third-order valence-corrected chi connectivity index (χ3v) is 12.4. The summed E-state index contributed by atoms with van der Waals surface area (Å²) in [6, 6.07) is 0. The molecule has 8 nitrogen and oxygen atoms in total. The maximum absolute atomic E-state index is 13.7. The largest absolute Gasteiger partial charge is 0.412 e. The van der Waals surface area contributed by atoms with Crippen LogP contribution in [0.25, 0.3) is 0 Å². The molecule has 2 unspecified atom stereocenters. The zero-order valence-corrected chi connectivity index (χ0v) is 31.4. The number of hydrogen-bond acceptors (Lipinski definition) is 7. The molecule has 0 saturated carbocycles. The van der Waals surface area contributed by atoms with E-state index in [1.807, 2.05) is 0 Å². The van der Waals surface area contributed by atoms with Crippen molar-refractivity contribution in [3.63, 3.8) is 0 Å². The molecule has 2 heterocycles. The van der Waals surface area contributed by atoms with Crippen LogP contribution in [-0.2, 0) is 8.85 Å². The zero-order valence-electron chi connectivity index (χ0n) is 26.4. The van der Waals surface area contributed by atoms with Crippen LogP contribution in [0.5, 0.6) is 0 Å². The molecule has 0 aromatic carbocycles. The summed E-state index contributed by atoms with van der Waals surface area (Å²) < 4.78 is 18.1. The van der Waals surface area contributed by atoms with Gasteiger partial charge in [0.05, 0.1) is 18.4 Å². The van der Waals surface area contributed by atoms with Gasteiger partial charge < -0.3 is 22.6 Å². The van der Waals surface area contributed by atoms with E-state index in [0.29, 0.717) is 18.2 Å². The maximum Gasteiger partial charge on any atom is 0.302 e. The Hall–Kier alpha value is -0.846. The van der Waals surface area contributed by atoms with Crippen LogP contribution in [0.1, 0.15) is 6.92 Å². The van der Waals surface area contributed by atoms with Gasteiger partial charge in [-0.3, -0.25) is 4.79 Å². The predicted molar refractivity (Wildman–Crippen MR) is 174 cm³/mol. The Kier molecular flexibility index (Phi) is 9.29. The summed E-state index contributed by atoms with van der Waals surface area (Å²) in [4.78, 5) is 27.0. The fraction of sp³-hybridized carbons (Fsp3) is 0.792. The van der Waals surface area contributed by atoms with Crippen LogP contribution in [0, 0.1) is 0 Å². The van der Waals surface area contributed by atoms with Gasteiger partial charge in [-0.15, -0.1) is 0 Å². The van der Waals surface area contributed by atoms with Crippen molar-refractivity contribution in [3.05, 3.63) is 10.4 Å². The first-order valence-electron chi connectivity index (χ1n) is 13.5. The van der Waals surface area contributed by atoms with Crippen molar-refractivity contribution in [1.29, 1.82) is 0 Å². The van der Waals surface area contributed by atoms with Crippen molar-refractivity contribution in [1.82, 2.24) is 9.22 Å². The fourth-order valence-corrected chi connectivity index (χ4v) is 10.9. The molecule has 0 bridgehead atoms. The molecule has 13 heteroatoms. The number of nitrogens with zero attached hydrogens (tertiary/aromatic N) is 4. The highest BCUT2D eigenvalue weighted by Gasteiger charge is 2.42. The molecule has 0 saturated heterocycles. The number of rotatable bonds is 10. The Bertz CT molecular complexity index is 1070. The molecule has 0 radical (unpaired) electrons. The summed E-state index contributed by atoms with van der Waals surface area (Å²) in [6.45, 7) is 36.5. The number of anilines is 2. The Labute approximate surface area is 230 Å². The second-order valence-electron chi connectivity index (χ2n) is 15.2. The molecule has 0 amide bonds. The first-order valence-corrected chi connectivity index (χ1v) is 30.7. The first kappa shape index (κ1) is 32.4. The number of nitrogens with one attached hydrogen (secondary N) is 1. The predicted octanol–water partition coefficient (Wildman–Crippen LogP) is 6.36. The van der Waals surface area contributed by atoms with Gasteiger partial charge in [0.15, 0.2) is 36.5 Å². The van der Waals surface area contributed by atoms with Gasteiger partial charge in [-0.25, -0.2) is 4.99 Å². The molecule has 2 atom stereocenters. The molecule has 1 aromatic heterocycles. The van der Waals surface area contributed by atoms with Crippen molar-refractivity contribution in [2.75, 3.05) is 16.1 Å². The molecule has 1 N–H and O–H groups in total. The van der Waals surface area contributed by atoms with Crippen LogP contribution in [0.3, 0.4) is 0 Å². The van der Waals surface area contributed by atoms with Crippen LogP contribution in [0.15, 0.2) is 9.79 Å². The van der Waals surface area contributed by atoms with E-state index in [4.69, 9.17) is 13.8 Å². The summed E-state index contributed by atoms with van der Waals surface area (Å²) in [5.74, 6) is 1.64. The SMILES string of the molecule is CC(O[Si](C)(C)C)C(O[Si](C)(C)C)C1=Nc2c(n([Si](C)(C)C)c(N[Si](C)(C)C)nc2=O)N([Si](C)(C)C)C1. The molecule has 37 heavy (non-hydrogen) atoms. The summed E-state index contributed by atoms with van der Waals surface area (Å²) in [6.07, 6.45) is -0.452. The minimum absolute atomic E-state index is 0.151. The summed E-state index contributed by atoms with van der Waals surface area (Å²) in [5, 5.41) is 0. The quantitative estimate of drug-likeness (QED) is 0.315. The number of aliphatic imine (C=N–C) groups is 1. The molecule has 1 aromatic rings. The van der Waals surface area contributed by atoms with Crippen LogP contribution < -0.4 is 15.1 Å². The van der Waals surface area contributed by atoms with Crippen molar-refractivity contribution < 1.29 is 8.85 Å². The van der Waals surface area contributed by atoms with E-state index >= 15 is 0 Å². The first-order chi connectivity index (χ1) is 16.3. The number of fused-ring (bicyclic) bond motifs is 1. The lowest BCUT2D eigenvalue weighted by Gasteiger charge is -2.45. The average molecular weight is 600 g/mol. The standard InChI is InChI=1S/C24H53N5O3Si5/c1-18(31-36(11,12)13)21(32-37(14,15)16)19-17-28(34(5,6)7)23-20(25-19)22(30)26-24(27-33(2,3)4)29(23)35(8,9)10/h18,21H,17H2,1-16H3,(H,26,27,30). The summed E-state index contributed by atoms with van der Waals surface area (Å²) in [7, 11) is -9.48. The van der Waals surface area contributed by atoms with Gasteiger partial charge in [-0.05, 0) is 46.2 Å². The lowest BCUT2D eigenvalue weighted by molar-refractivity contribution is 0.0970. The van der Waals surface area contributed by atoms with Gasteiger partial charge in [0, 0.05) is 0 Å². The lowest BCUT2D eigenvalue weighted by Crippen LogP contribution is -2.58. The Morgan fingerprint density at radius 1 is 0.811 bits per heavy atom. The van der Waals surface area contributed by atoms with E-state index in [0.717, 1.165) is 11.5 Å². The van der Waals surface area contributed by atoms with E-state index in [1.165, 1.54) is 0 Å². The van der Waals surface area contributed by atoms with Gasteiger partial charge in [0.2, 0.25) is 0 Å². The number of hydrogen-bond donors (Lipinski definition) is 1. The van der Waals surface area contributed by atoms with Gasteiger partial charge in [-0.2, -0.15) is 4.98 Å². The van der Waals surface area contributed by atoms with Crippen molar-refractivity contribution in [2.45, 2.75) is 117 Å². The van der Waals surface area contributed by atoms with E-state index in [-0.39, 0.29) is 17.8 Å². The van der Waals surface area contributed by atoms with Gasteiger partial charge in [0.25, 0.3) is 0 Å². The lowest BCUT2D eigenvalue weighted by atomic mass is 10.1. The monoisotopic (exact) mass is 599 g/mol. The molecule has 212 valence electrons. The highest BCUT2D eigenvalue weighted by molar-refractivity contribution is 6.82. The smallest absolute Gasteiger partial charge is 0.302 e. The Balaban J connectivity index is 2.90.